The summed E-state index contributed by atoms with van der Waals surface area (Å²) >= 11 is 0. The van der Waals surface area contributed by atoms with Gasteiger partial charge in [0.25, 0.3) is 0 Å². The molecule has 0 heterocycles. The first-order chi connectivity index (χ1) is 26.8. The third-order valence-electron chi connectivity index (χ3n) is 11.6. The number of rotatable bonds is 46. The van der Waals surface area contributed by atoms with Crippen molar-refractivity contribution in [2.45, 2.75) is 289 Å². The average molecular weight is 802 g/mol. The molecule has 0 saturated heterocycles. The monoisotopic (exact) mass is 802 g/mol. The van der Waals surface area contributed by atoms with Gasteiger partial charge in [-0.25, -0.2) is 4.57 Å². The fourth-order valence-electron chi connectivity index (χ4n) is 7.88. The van der Waals surface area contributed by atoms with Crippen LogP contribution >= 0.6 is 7.82 Å². The third kappa shape index (κ3) is 44.5. The molecule has 0 aliphatic heterocycles. The Bertz CT molecular complexity index is 823. The third-order valence-corrected chi connectivity index (χ3v) is 12.1. The standard InChI is InChI=1S/C47H96NO6P/c1-3-5-7-9-11-13-15-16-17-18-19-20-21-22-23-24-25-26-27-28-29-30-31-33-35-37-39-41-43-47(50)48-45(44-54-55(51,52)53)46(49)42-40-38-36-34-32-14-12-10-8-6-4-2/h45-46,49H,3-44H2,1-2H3,(H,48,50)(H2,51,52,53)/t45-,46+/m0/s1. The maximum Gasteiger partial charge on any atom is 0.469 e. The van der Waals surface area contributed by atoms with Crippen LogP contribution < -0.4 is 5.32 Å². The molecule has 0 rings (SSSR count). The molecule has 0 unspecified atom stereocenters. The molecule has 0 aromatic carbocycles. The van der Waals surface area contributed by atoms with Crippen LogP contribution in [0.15, 0.2) is 0 Å². The molecule has 2 atom stereocenters. The van der Waals surface area contributed by atoms with Crippen molar-refractivity contribution in [2.75, 3.05) is 6.61 Å². The molecule has 4 N–H and O–H groups in total. The second-order valence-corrected chi connectivity index (χ2v) is 18.4. The van der Waals surface area contributed by atoms with Crippen LogP contribution in [0.2, 0.25) is 0 Å². The number of nitrogens with one attached hydrogen (secondary N) is 1. The molecule has 0 aromatic rings. The van der Waals surface area contributed by atoms with Gasteiger partial charge in [0.15, 0.2) is 0 Å². The van der Waals surface area contributed by atoms with Crippen molar-refractivity contribution >= 4 is 13.7 Å². The van der Waals surface area contributed by atoms with Crippen LogP contribution in [0.1, 0.15) is 277 Å². The minimum Gasteiger partial charge on any atom is -0.391 e. The number of amides is 1. The van der Waals surface area contributed by atoms with E-state index in [-0.39, 0.29) is 5.91 Å². The second-order valence-electron chi connectivity index (χ2n) is 17.1. The number of carbonyl (C=O) groups excluding carboxylic acids is 1. The van der Waals surface area contributed by atoms with Gasteiger partial charge in [-0.1, -0.05) is 258 Å². The van der Waals surface area contributed by atoms with E-state index in [0.29, 0.717) is 12.8 Å². The van der Waals surface area contributed by atoms with Crippen molar-refractivity contribution in [2.24, 2.45) is 0 Å². The lowest BCUT2D eigenvalue weighted by atomic mass is 10.0. The van der Waals surface area contributed by atoms with Crippen LogP contribution in [0.25, 0.3) is 0 Å². The minimum atomic E-state index is -4.69. The Balaban J connectivity index is 3.65. The molecule has 0 aliphatic carbocycles. The van der Waals surface area contributed by atoms with E-state index in [4.69, 9.17) is 0 Å². The highest BCUT2D eigenvalue weighted by molar-refractivity contribution is 7.46. The summed E-state index contributed by atoms with van der Waals surface area (Å²) < 4.78 is 16.0. The highest BCUT2D eigenvalue weighted by atomic mass is 31.2. The predicted molar refractivity (Wildman–Crippen MR) is 237 cm³/mol. The van der Waals surface area contributed by atoms with Gasteiger partial charge in [0.2, 0.25) is 5.91 Å². The zero-order valence-corrected chi connectivity index (χ0v) is 37.8. The average Bonchev–Trinajstić information content (AvgIpc) is 3.16. The van der Waals surface area contributed by atoms with E-state index in [0.717, 1.165) is 38.5 Å². The summed E-state index contributed by atoms with van der Waals surface area (Å²) in [4.78, 5) is 31.0. The molecule has 0 spiro atoms. The van der Waals surface area contributed by atoms with Gasteiger partial charge in [0.05, 0.1) is 18.8 Å². The number of aliphatic hydroxyl groups excluding tert-OH is 1. The molecule has 1 amide bonds. The molecule has 0 bridgehead atoms. The molecular weight excluding hydrogens is 705 g/mol. The first-order valence-corrected chi connectivity index (χ1v) is 26.0. The van der Waals surface area contributed by atoms with E-state index >= 15 is 0 Å². The maximum atomic E-state index is 12.6. The van der Waals surface area contributed by atoms with Crippen LogP contribution in [-0.4, -0.2) is 39.6 Å². The number of phosphoric ester groups is 1. The van der Waals surface area contributed by atoms with Gasteiger partial charge in [-0.3, -0.25) is 9.32 Å². The van der Waals surface area contributed by atoms with E-state index in [9.17, 15) is 24.3 Å². The van der Waals surface area contributed by atoms with Gasteiger partial charge in [-0.05, 0) is 12.8 Å². The van der Waals surface area contributed by atoms with Crippen molar-refractivity contribution in [3.8, 4) is 0 Å². The van der Waals surface area contributed by atoms with E-state index in [1.54, 1.807) is 0 Å². The highest BCUT2D eigenvalue weighted by Crippen LogP contribution is 2.36. The molecule has 0 aromatic heterocycles. The van der Waals surface area contributed by atoms with Crippen LogP contribution in [0.3, 0.4) is 0 Å². The van der Waals surface area contributed by atoms with Gasteiger partial charge in [-0.2, -0.15) is 0 Å². The van der Waals surface area contributed by atoms with E-state index in [1.165, 1.54) is 212 Å². The Hall–Kier alpha value is -0.460. The first kappa shape index (κ1) is 54.5. The zero-order chi connectivity index (χ0) is 40.3. The zero-order valence-electron chi connectivity index (χ0n) is 36.9. The molecule has 55 heavy (non-hydrogen) atoms. The number of carbonyl (C=O) groups is 1. The Morgan fingerprint density at radius 2 is 0.709 bits per heavy atom. The second kappa shape index (κ2) is 43.1. The molecule has 0 radical (unpaired) electrons. The van der Waals surface area contributed by atoms with Crippen LogP contribution in [0.4, 0.5) is 0 Å². The summed E-state index contributed by atoms with van der Waals surface area (Å²) in [6, 6.07) is -0.818. The molecule has 0 fully saturated rings. The summed E-state index contributed by atoms with van der Waals surface area (Å²) in [5.41, 5.74) is 0. The van der Waals surface area contributed by atoms with Gasteiger partial charge in [0, 0.05) is 6.42 Å². The van der Waals surface area contributed by atoms with Gasteiger partial charge in [0.1, 0.15) is 0 Å². The lowest BCUT2D eigenvalue weighted by molar-refractivity contribution is -0.123. The van der Waals surface area contributed by atoms with Gasteiger partial charge < -0.3 is 20.2 Å². The number of aliphatic hydroxyl groups is 1. The maximum absolute atomic E-state index is 12.6. The molecule has 0 aliphatic rings. The highest BCUT2D eigenvalue weighted by Gasteiger charge is 2.25. The van der Waals surface area contributed by atoms with Crippen molar-refractivity contribution < 1.29 is 28.8 Å². The Morgan fingerprint density at radius 3 is 0.982 bits per heavy atom. The van der Waals surface area contributed by atoms with E-state index in [2.05, 4.69) is 23.7 Å². The lowest BCUT2D eigenvalue weighted by Crippen LogP contribution is -2.46. The fraction of sp³-hybridized carbons (Fsp3) is 0.979. The van der Waals surface area contributed by atoms with Crippen LogP contribution in [-0.2, 0) is 13.9 Å². The Morgan fingerprint density at radius 1 is 0.455 bits per heavy atom. The minimum absolute atomic E-state index is 0.188. The lowest BCUT2D eigenvalue weighted by Gasteiger charge is -2.24. The molecule has 8 heteroatoms. The number of hydrogen-bond acceptors (Lipinski definition) is 4. The Labute approximate surface area is 342 Å². The summed E-state index contributed by atoms with van der Waals surface area (Å²) in [7, 11) is -4.69. The topological polar surface area (TPSA) is 116 Å². The normalized spacial score (nSPS) is 13.0. The Kier molecular flexibility index (Phi) is 42.8. The largest absolute Gasteiger partial charge is 0.469 e. The first-order valence-electron chi connectivity index (χ1n) is 24.5. The number of phosphoric acid groups is 1. The van der Waals surface area contributed by atoms with Crippen LogP contribution in [0.5, 0.6) is 0 Å². The van der Waals surface area contributed by atoms with Crippen molar-refractivity contribution in [3.63, 3.8) is 0 Å². The summed E-state index contributed by atoms with van der Waals surface area (Å²) in [6.45, 7) is 4.14. The molecular formula is C47H96NO6P. The molecule has 7 nitrogen and oxygen atoms in total. The smallest absolute Gasteiger partial charge is 0.391 e. The van der Waals surface area contributed by atoms with E-state index < -0.39 is 26.6 Å². The molecule has 330 valence electrons. The summed E-state index contributed by atoms with van der Waals surface area (Å²) in [5, 5.41) is 13.5. The molecule has 0 saturated carbocycles. The number of hydrogen-bond donors (Lipinski definition) is 4. The quantitative estimate of drug-likeness (QED) is 0.0360. The number of unbranched alkanes of at least 4 members (excludes halogenated alkanes) is 37. The van der Waals surface area contributed by atoms with Crippen molar-refractivity contribution in [1.82, 2.24) is 5.32 Å². The SMILES string of the molecule is CCCCCCCCCCCCCCCCCCCCCCCCCCCCCCC(=O)N[C@@H](COP(=O)(O)O)[C@H](O)CCCCCCCCCCCCC. The van der Waals surface area contributed by atoms with Crippen molar-refractivity contribution in [3.05, 3.63) is 0 Å². The summed E-state index contributed by atoms with van der Waals surface area (Å²) in [5.74, 6) is -0.188. The van der Waals surface area contributed by atoms with Crippen LogP contribution in [0, 0.1) is 0 Å². The van der Waals surface area contributed by atoms with Gasteiger partial charge >= 0.3 is 7.82 Å². The predicted octanol–water partition coefficient (Wildman–Crippen LogP) is 15.0. The fourth-order valence-corrected chi connectivity index (χ4v) is 8.23. The van der Waals surface area contributed by atoms with Crippen molar-refractivity contribution in [1.29, 1.82) is 0 Å². The summed E-state index contributed by atoms with van der Waals surface area (Å²) in [6.07, 6.45) is 51.2. The van der Waals surface area contributed by atoms with E-state index in [1.807, 2.05) is 0 Å². The van der Waals surface area contributed by atoms with Gasteiger partial charge in [-0.15, -0.1) is 0 Å².